The van der Waals surface area contributed by atoms with E-state index in [1.54, 1.807) is 16.2 Å². The molecule has 11 nitrogen and oxygen atoms in total. The quantitative estimate of drug-likeness (QED) is 0.401. The molecular formula is C34H49N5O6S. The number of amides is 4. The number of piperidine rings is 1. The van der Waals surface area contributed by atoms with Crippen molar-refractivity contribution in [1.29, 1.82) is 0 Å². The van der Waals surface area contributed by atoms with Crippen LogP contribution in [0.1, 0.15) is 85.0 Å². The van der Waals surface area contributed by atoms with Crippen molar-refractivity contribution >= 4 is 35.2 Å². The highest BCUT2D eigenvalue weighted by molar-refractivity contribution is 7.13. The Kier molecular flexibility index (Phi) is 10.8. The SMILES string of the molecule is Cc1ncsc1-c1ccc(C(C)NC(=O)[C@@H]2C[C@@H](O)CN2C(=O)C(NC(=O)C2CCN(C(=O)OC(C)(C)C)CC2)C(C)(C)C)cc1. The number of hydrogen-bond donors (Lipinski definition) is 3. The summed E-state index contributed by atoms with van der Waals surface area (Å²) in [5.74, 6) is -1.38. The van der Waals surface area contributed by atoms with E-state index in [0.29, 0.717) is 25.9 Å². The van der Waals surface area contributed by atoms with Crippen molar-refractivity contribution < 1.29 is 29.0 Å². The van der Waals surface area contributed by atoms with Crippen molar-refractivity contribution in [2.45, 2.75) is 104 Å². The molecule has 2 aliphatic rings. The van der Waals surface area contributed by atoms with Crippen molar-refractivity contribution in [3.63, 3.8) is 0 Å². The van der Waals surface area contributed by atoms with Gasteiger partial charge < -0.3 is 30.3 Å². The number of rotatable bonds is 7. The largest absolute Gasteiger partial charge is 0.444 e. The zero-order valence-corrected chi connectivity index (χ0v) is 29.1. The van der Waals surface area contributed by atoms with Gasteiger partial charge in [0.1, 0.15) is 17.7 Å². The molecule has 0 saturated carbocycles. The van der Waals surface area contributed by atoms with Gasteiger partial charge in [-0.05, 0) is 64.0 Å². The van der Waals surface area contributed by atoms with Gasteiger partial charge in [-0.3, -0.25) is 14.4 Å². The third-order valence-corrected chi connectivity index (χ3v) is 9.54. The minimum Gasteiger partial charge on any atom is -0.444 e. The number of benzene rings is 1. The number of hydrogen-bond acceptors (Lipinski definition) is 8. The van der Waals surface area contributed by atoms with Gasteiger partial charge in [0.25, 0.3) is 0 Å². The lowest BCUT2D eigenvalue weighted by Gasteiger charge is -2.37. The van der Waals surface area contributed by atoms with E-state index >= 15 is 0 Å². The molecule has 252 valence electrons. The van der Waals surface area contributed by atoms with Crippen LogP contribution in [0, 0.1) is 18.3 Å². The zero-order chi connectivity index (χ0) is 34.0. The maximum Gasteiger partial charge on any atom is 0.410 e. The van der Waals surface area contributed by atoms with Crippen LogP contribution in [0.4, 0.5) is 4.79 Å². The fourth-order valence-electron chi connectivity index (χ4n) is 5.93. The van der Waals surface area contributed by atoms with Crippen LogP contribution < -0.4 is 10.6 Å². The van der Waals surface area contributed by atoms with Crippen molar-refractivity contribution in [3.05, 3.63) is 41.0 Å². The van der Waals surface area contributed by atoms with E-state index in [2.05, 4.69) is 15.6 Å². The van der Waals surface area contributed by atoms with Crippen molar-refractivity contribution in [2.24, 2.45) is 11.3 Å². The fraction of sp³-hybridized carbons (Fsp3) is 0.618. The van der Waals surface area contributed by atoms with Crippen molar-refractivity contribution in [3.8, 4) is 10.4 Å². The third-order valence-electron chi connectivity index (χ3n) is 8.56. The lowest BCUT2D eigenvalue weighted by atomic mass is 9.84. The van der Waals surface area contributed by atoms with Gasteiger partial charge >= 0.3 is 6.09 Å². The minimum atomic E-state index is -0.912. The summed E-state index contributed by atoms with van der Waals surface area (Å²) in [6, 6.07) is 5.83. The smallest absolute Gasteiger partial charge is 0.410 e. The summed E-state index contributed by atoms with van der Waals surface area (Å²) < 4.78 is 5.46. The van der Waals surface area contributed by atoms with Gasteiger partial charge in [0.05, 0.1) is 28.2 Å². The van der Waals surface area contributed by atoms with Crippen LogP contribution in [-0.4, -0.2) is 87.1 Å². The first-order valence-corrected chi connectivity index (χ1v) is 16.9. The molecule has 1 aromatic heterocycles. The van der Waals surface area contributed by atoms with Crippen molar-refractivity contribution in [1.82, 2.24) is 25.4 Å². The predicted octanol–water partition coefficient (Wildman–Crippen LogP) is 4.44. The molecule has 12 heteroatoms. The molecule has 2 fully saturated rings. The number of aryl methyl sites for hydroxylation is 1. The number of thiazole rings is 1. The van der Waals surface area contributed by atoms with E-state index in [4.69, 9.17) is 4.74 Å². The summed E-state index contributed by atoms with van der Waals surface area (Å²) in [5.41, 5.74) is 3.49. The summed E-state index contributed by atoms with van der Waals surface area (Å²) >= 11 is 1.58. The number of β-amino-alcohol motifs (C(OH)–C–C–N with tert-alkyl or cyclic N) is 1. The Balaban J connectivity index is 1.39. The van der Waals surface area contributed by atoms with Gasteiger partial charge in [0, 0.05) is 32.0 Å². The topological polar surface area (TPSA) is 141 Å². The van der Waals surface area contributed by atoms with Crippen LogP contribution in [0.2, 0.25) is 0 Å². The number of ether oxygens (including phenoxy) is 1. The molecular weight excluding hydrogens is 606 g/mol. The molecule has 0 spiro atoms. The number of nitrogens with zero attached hydrogens (tertiary/aromatic N) is 3. The number of nitrogens with one attached hydrogen (secondary N) is 2. The highest BCUT2D eigenvalue weighted by Gasteiger charge is 2.45. The fourth-order valence-corrected chi connectivity index (χ4v) is 6.74. The first kappa shape index (κ1) is 35.3. The summed E-state index contributed by atoms with van der Waals surface area (Å²) in [6.45, 7) is 15.7. The number of carbonyl (C=O) groups is 4. The zero-order valence-electron chi connectivity index (χ0n) is 28.3. The molecule has 0 radical (unpaired) electrons. The maximum atomic E-state index is 14.0. The van der Waals surface area contributed by atoms with E-state index in [1.807, 2.05) is 85.2 Å². The average Bonchev–Trinajstić information content (AvgIpc) is 3.59. The van der Waals surface area contributed by atoms with E-state index in [1.165, 1.54) is 4.90 Å². The Hall–Kier alpha value is -3.51. The third kappa shape index (κ3) is 8.64. The van der Waals surface area contributed by atoms with Gasteiger partial charge in [-0.1, -0.05) is 45.0 Å². The predicted molar refractivity (Wildman–Crippen MR) is 177 cm³/mol. The molecule has 4 amide bonds. The number of carbonyl (C=O) groups excluding carboxylic acids is 4. The van der Waals surface area contributed by atoms with Crippen LogP contribution in [0.3, 0.4) is 0 Å². The average molecular weight is 656 g/mol. The van der Waals surface area contributed by atoms with E-state index in [0.717, 1.165) is 21.7 Å². The van der Waals surface area contributed by atoms with Gasteiger partial charge in [-0.2, -0.15) is 0 Å². The molecule has 46 heavy (non-hydrogen) atoms. The Morgan fingerprint density at radius 1 is 1.00 bits per heavy atom. The number of aromatic nitrogens is 1. The second-order valence-electron chi connectivity index (χ2n) is 14.6. The van der Waals surface area contributed by atoms with Crippen LogP contribution in [0.25, 0.3) is 10.4 Å². The molecule has 2 aliphatic heterocycles. The normalized spacial score (nSPS) is 20.6. The van der Waals surface area contributed by atoms with Crippen LogP contribution in [0.5, 0.6) is 0 Å². The Morgan fingerprint density at radius 2 is 1.63 bits per heavy atom. The molecule has 4 rings (SSSR count). The van der Waals surface area contributed by atoms with Gasteiger partial charge in [0.2, 0.25) is 17.7 Å². The molecule has 2 aromatic rings. The molecule has 4 atom stereocenters. The minimum absolute atomic E-state index is 0.00489. The maximum absolute atomic E-state index is 14.0. The summed E-state index contributed by atoms with van der Waals surface area (Å²) in [5, 5.41) is 16.6. The standard InChI is InChI=1S/C34H49N5O6S/c1-20(22-9-11-23(12-10-22)27-21(2)35-19-46-27)36-30(42)26-17-25(40)18-39(26)31(43)28(33(3,4)5)37-29(41)24-13-15-38(16-14-24)32(44)45-34(6,7)8/h9-12,19-20,24-26,28,40H,13-18H2,1-8H3,(H,36,42)(H,37,41)/t20?,25-,26+,28?/m1/s1. The van der Waals surface area contributed by atoms with Gasteiger partial charge in [-0.15, -0.1) is 11.3 Å². The van der Waals surface area contributed by atoms with Crippen molar-refractivity contribution in [2.75, 3.05) is 19.6 Å². The molecule has 0 aliphatic carbocycles. The summed E-state index contributed by atoms with van der Waals surface area (Å²) in [7, 11) is 0. The number of aliphatic hydroxyl groups excluding tert-OH is 1. The van der Waals surface area contributed by atoms with Crippen LogP contribution in [0.15, 0.2) is 29.8 Å². The lowest BCUT2D eigenvalue weighted by Crippen LogP contribution is -2.59. The van der Waals surface area contributed by atoms with Gasteiger partial charge in [-0.25, -0.2) is 9.78 Å². The summed E-state index contributed by atoms with van der Waals surface area (Å²) in [4.78, 5) is 61.9. The second kappa shape index (κ2) is 14.1. The van der Waals surface area contributed by atoms with E-state index in [-0.39, 0.29) is 36.7 Å². The monoisotopic (exact) mass is 655 g/mol. The molecule has 3 heterocycles. The molecule has 1 aromatic carbocycles. The summed E-state index contributed by atoms with van der Waals surface area (Å²) in [6.07, 6.45) is -0.241. The lowest BCUT2D eigenvalue weighted by molar-refractivity contribution is -0.145. The highest BCUT2D eigenvalue weighted by atomic mass is 32.1. The molecule has 2 saturated heterocycles. The van der Waals surface area contributed by atoms with Crippen LogP contribution >= 0.6 is 11.3 Å². The first-order chi connectivity index (χ1) is 21.4. The van der Waals surface area contributed by atoms with Gasteiger partial charge in [0.15, 0.2) is 0 Å². The molecule has 2 unspecified atom stereocenters. The molecule has 3 N–H and O–H groups in total. The first-order valence-electron chi connectivity index (χ1n) is 16.0. The second-order valence-corrected chi connectivity index (χ2v) is 15.4. The Labute approximate surface area is 276 Å². The number of likely N-dealkylation sites (tertiary alicyclic amines) is 2. The van der Waals surface area contributed by atoms with Crippen LogP contribution in [-0.2, 0) is 19.1 Å². The van der Waals surface area contributed by atoms with E-state index in [9.17, 15) is 24.3 Å². The number of aliphatic hydroxyl groups is 1. The highest BCUT2D eigenvalue weighted by Crippen LogP contribution is 2.30. The Morgan fingerprint density at radius 3 is 2.17 bits per heavy atom. The van der Waals surface area contributed by atoms with E-state index < -0.39 is 41.2 Å². The molecule has 0 bridgehead atoms. The Bertz CT molecular complexity index is 1400.